The third-order valence-corrected chi connectivity index (χ3v) is 7.23. The lowest BCUT2D eigenvalue weighted by Gasteiger charge is -2.37. The second-order valence-corrected chi connectivity index (χ2v) is 9.32. The molecule has 0 aromatic heterocycles. The van der Waals surface area contributed by atoms with Crippen molar-refractivity contribution in [1.29, 1.82) is 0 Å². The molecule has 2 bridgehead atoms. The summed E-state index contributed by atoms with van der Waals surface area (Å²) >= 11 is 0. The van der Waals surface area contributed by atoms with E-state index in [4.69, 9.17) is 0 Å². The summed E-state index contributed by atoms with van der Waals surface area (Å²) in [6.45, 7) is 4.42. The number of hydrogen-bond acceptors (Lipinski definition) is 2. The van der Waals surface area contributed by atoms with Crippen molar-refractivity contribution in [2.45, 2.75) is 62.9 Å². The highest BCUT2D eigenvalue weighted by Crippen LogP contribution is 2.38. The fourth-order valence-corrected chi connectivity index (χ4v) is 6.15. The molecule has 22 heavy (non-hydrogen) atoms. The predicted molar refractivity (Wildman–Crippen MR) is 91.6 cm³/mol. The number of benzene rings is 1. The van der Waals surface area contributed by atoms with Crippen LogP contribution in [0.2, 0.25) is 0 Å². The Morgan fingerprint density at radius 3 is 2.27 bits per heavy atom. The van der Waals surface area contributed by atoms with Gasteiger partial charge in [-0.05, 0) is 43.6 Å². The highest BCUT2D eigenvalue weighted by Gasteiger charge is 2.40. The Hall–Kier alpha value is -0.960. The fraction of sp³-hybridized carbons (Fsp3) is 0.632. The summed E-state index contributed by atoms with van der Waals surface area (Å²) in [4.78, 5) is 12.8. The van der Waals surface area contributed by atoms with Crippen LogP contribution in [0.5, 0.6) is 0 Å². The minimum atomic E-state index is -0.692. The summed E-state index contributed by atoms with van der Waals surface area (Å²) in [7, 11) is -0.692. The van der Waals surface area contributed by atoms with Crippen molar-refractivity contribution < 1.29 is 9.00 Å². The highest BCUT2D eigenvalue weighted by molar-refractivity contribution is 7.86. The van der Waals surface area contributed by atoms with Gasteiger partial charge in [-0.25, -0.2) is 0 Å². The van der Waals surface area contributed by atoms with Gasteiger partial charge >= 0.3 is 0 Å². The second kappa shape index (κ2) is 6.66. The van der Waals surface area contributed by atoms with Crippen LogP contribution in [0.3, 0.4) is 0 Å². The van der Waals surface area contributed by atoms with Crippen LogP contribution in [-0.2, 0) is 17.2 Å². The Balaban J connectivity index is 1.70. The van der Waals surface area contributed by atoms with E-state index >= 15 is 0 Å². The Morgan fingerprint density at radius 1 is 1.14 bits per heavy atom. The molecule has 0 N–H and O–H groups in total. The number of rotatable bonds is 4. The average molecular weight is 318 g/mol. The smallest absolute Gasteiger partial charge is 0.166 e. The van der Waals surface area contributed by atoms with Crippen LogP contribution in [0, 0.1) is 11.8 Å². The maximum Gasteiger partial charge on any atom is 0.166 e. The van der Waals surface area contributed by atoms with E-state index in [1.807, 2.05) is 12.1 Å². The number of fused-ring (bicyclic) bond motifs is 2. The van der Waals surface area contributed by atoms with Gasteiger partial charge in [-0.15, -0.1) is 0 Å². The predicted octanol–water partition coefficient (Wildman–Crippen LogP) is 4.15. The van der Waals surface area contributed by atoms with Crippen molar-refractivity contribution in [2.24, 2.45) is 11.8 Å². The van der Waals surface area contributed by atoms with Crippen LogP contribution in [-0.4, -0.2) is 20.5 Å². The van der Waals surface area contributed by atoms with Crippen LogP contribution in [0.4, 0.5) is 0 Å². The Kier molecular flexibility index (Phi) is 4.82. The van der Waals surface area contributed by atoms with Crippen molar-refractivity contribution >= 4 is 16.6 Å². The standard InChI is InChI=1S/C19H26O2S/c1-13(2)10-14-6-8-15(9-7-14)19(20)16-11-17-4-3-5-18(12-16)22(17)21/h6-9,13,16-18H,3-5,10-12H2,1-2H3. The molecule has 0 spiro atoms. The third kappa shape index (κ3) is 3.34. The maximum atomic E-state index is 12.8. The van der Waals surface area contributed by atoms with Crippen LogP contribution >= 0.6 is 0 Å². The first-order valence-corrected chi connectivity index (χ1v) is 9.84. The van der Waals surface area contributed by atoms with E-state index in [1.54, 1.807) is 0 Å². The molecule has 1 aromatic rings. The van der Waals surface area contributed by atoms with Gasteiger partial charge in [0.05, 0.1) is 0 Å². The van der Waals surface area contributed by atoms with Gasteiger partial charge in [-0.3, -0.25) is 9.00 Å². The summed E-state index contributed by atoms with van der Waals surface area (Å²) in [5.74, 6) is 0.989. The van der Waals surface area contributed by atoms with Crippen molar-refractivity contribution in [3.8, 4) is 0 Å². The normalized spacial score (nSPS) is 31.2. The van der Waals surface area contributed by atoms with E-state index in [0.29, 0.717) is 5.92 Å². The van der Waals surface area contributed by atoms with Gasteiger partial charge in [0.15, 0.2) is 5.78 Å². The van der Waals surface area contributed by atoms with Crippen molar-refractivity contribution in [3.05, 3.63) is 35.4 Å². The molecule has 2 saturated heterocycles. The fourth-order valence-electron chi connectivity index (χ4n) is 3.96. The largest absolute Gasteiger partial charge is 0.294 e. The van der Waals surface area contributed by atoms with Crippen molar-refractivity contribution in [1.82, 2.24) is 0 Å². The van der Waals surface area contributed by atoms with E-state index in [0.717, 1.165) is 37.7 Å². The molecule has 3 rings (SSSR count). The Morgan fingerprint density at radius 2 is 1.73 bits per heavy atom. The van der Waals surface area contributed by atoms with E-state index in [1.165, 1.54) is 12.0 Å². The number of Topliss-reactive ketones (excluding diaryl/α,β-unsaturated/α-hetero) is 1. The van der Waals surface area contributed by atoms with Gasteiger partial charge in [-0.1, -0.05) is 44.5 Å². The van der Waals surface area contributed by atoms with Gasteiger partial charge in [0.1, 0.15) is 0 Å². The molecule has 0 amide bonds. The molecular weight excluding hydrogens is 292 g/mol. The third-order valence-electron chi connectivity index (χ3n) is 5.06. The molecule has 2 nitrogen and oxygen atoms in total. The summed E-state index contributed by atoms with van der Waals surface area (Å²) in [5, 5.41) is 0.531. The van der Waals surface area contributed by atoms with E-state index in [9.17, 15) is 9.00 Å². The van der Waals surface area contributed by atoms with Gasteiger partial charge in [0.25, 0.3) is 0 Å². The highest BCUT2D eigenvalue weighted by atomic mass is 32.2. The maximum absolute atomic E-state index is 12.8. The summed E-state index contributed by atoms with van der Waals surface area (Å²) in [6, 6.07) is 8.16. The van der Waals surface area contributed by atoms with Crippen LogP contribution in [0.25, 0.3) is 0 Å². The first kappa shape index (κ1) is 15.9. The average Bonchev–Trinajstić information content (AvgIpc) is 2.46. The minimum absolute atomic E-state index is 0.0870. The number of ketones is 1. The zero-order valence-electron chi connectivity index (χ0n) is 13.6. The first-order chi connectivity index (χ1) is 10.5. The lowest BCUT2D eigenvalue weighted by atomic mass is 9.84. The zero-order valence-corrected chi connectivity index (χ0v) is 14.4. The number of hydrogen-bond donors (Lipinski definition) is 0. The van der Waals surface area contributed by atoms with Gasteiger partial charge in [0, 0.05) is 32.8 Å². The molecule has 2 aliphatic rings. The molecule has 2 heterocycles. The van der Waals surface area contributed by atoms with Gasteiger partial charge in [0.2, 0.25) is 0 Å². The van der Waals surface area contributed by atoms with Crippen molar-refractivity contribution in [2.75, 3.05) is 0 Å². The molecule has 120 valence electrons. The quantitative estimate of drug-likeness (QED) is 0.782. The molecule has 2 unspecified atom stereocenters. The first-order valence-electron chi connectivity index (χ1n) is 8.57. The SMILES string of the molecule is CC(C)Cc1ccc(C(=O)C2CC3CCCC(C2)S3=O)cc1. The second-order valence-electron chi connectivity index (χ2n) is 7.33. The van der Waals surface area contributed by atoms with Crippen molar-refractivity contribution in [3.63, 3.8) is 0 Å². The summed E-state index contributed by atoms with van der Waals surface area (Å²) < 4.78 is 12.3. The van der Waals surface area contributed by atoms with Crippen LogP contribution < -0.4 is 0 Å². The van der Waals surface area contributed by atoms with E-state index in [-0.39, 0.29) is 22.2 Å². The molecule has 0 aliphatic carbocycles. The number of carbonyl (C=O) groups is 1. The molecule has 2 atom stereocenters. The summed E-state index contributed by atoms with van der Waals surface area (Å²) in [5.41, 5.74) is 2.14. The Labute approximate surface area is 136 Å². The number of carbonyl (C=O) groups excluding carboxylic acids is 1. The summed E-state index contributed by atoms with van der Waals surface area (Å²) in [6.07, 6.45) is 5.98. The minimum Gasteiger partial charge on any atom is -0.294 e. The van der Waals surface area contributed by atoms with Crippen LogP contribution in [0.15, 0.2) is 24.3 Å². The van der Waals surface area contributed by atoms with Gasteiger partial charge in [-0.2, -0.15) is 0 Å². The van der Waals surface area contributed by atoms with Gasteiger partial charge < -0.3 is 0 Å². The lowest BCUT2D eigenvalue weighted by molar-refractivity contribution is 0.0895. The monoisotopic (exact) mass is 318 g/mol. The molecule has 1 aromatic carbocycles. The molecule has 2 aliphatic heterocycles. The van der Waals surface area contributed by atoms with E-state index < -0.39 is 10.8 Å². The van der Waals surface area contributed by atoms with Crippen LogP contribution in [0.1, 0.15) is 61.9 Å². The Bertz CT molecular complexity index is 545. The lowest BCUT2D eigenvalue weighted by Crippen LogP contribution is -2.41. The molecular formula is C19H26O2S. The molecule has 0 radical (unpaired) electrons. The van der Waals surface area contributed by atoms with E-state index in [2.05, 4.69) is 26.0 Å². The molecule has 3 heteroatoms. The topological polar surface area (TPSA) is 34.1 Å². The molecule has 2 fully saturated rings. The zero-order chi connectivity index (χ0) is 15.7. The molecule has 0 saturated carbocycles.